The lowest BCUT2D eigenvalue weighted by Gasteiger charge is -2.23. The maximum Gasteiger partial charge on any atom is 0.325 e. The zero-order valence-corrected chi connectivity index (χ0v) is 17.6. The van der Waals surface area contributed by atoms with E-state index in [2.05, 4.69) is 21.2 Å². The standard InChI is InChI=1S/C20H21BrN2O5/c1-20(13-6-8-14(26-2)9-7-13)18(24)23(19(25)22-20)11-12-5-10-15(27-3)17(28-4)16(12)21/h5-10H,11H2,1-4H3,(H,22,25)/t20-/m1/s1. The van der Waals surface area contributed by atoms with Gasteiger partial charge in [0.15, 0.2) is 11.5 Å². The molecule has 28 heavy (non-hydrogen) atoms. The number of ether oxygens (including phenoxy) is 3. The predicted octanol–water partition coefficient (Wildman–Crippen LogP) is 3.44. The van der Waals surface area contributed by atoms with Gasteiger partial charge in [0.2, 0.25) is 0 Å². The molecule has 7 nitrogen and oxygen atoms in total. The topological polar surface area (TPSA) is 77.1 Å². The van der Waals surface area contributed by atoms with Gasteiger partial charge in [-0.3, -0.25) is 9.69 Å². The van der Waals surface area contributed by atoms with Crippen LogP contribution in [0.1, 0.15) is 18.1 Å². The number of halogens is 1. The van der Waals surface area contributed by atoms with Crippen LogP contribution in [0.3, 0.4) is 0 Å². The summed E-state index contributed by atoms with van der Waals surface area (Å²) in [7, 11) is 4.64. The van der Waals surface area contributed by atoms with Crippen molar-refractivity contribution < 1.29 is 23.8 Å². The molecule has 8 heteroatoms. The Labute approximate surface area is 171 Å². The van der Waals surface area contributed by atoms with Crippen molar-refractivity contribution in [1.82, 2.24) is 10.2 Å². The van der Waals surface area contributed by atoms with E-state index in [1.165, 1.54) is 12.0 Å². The molecule has 1 heterocycles. The van der Waals surface area contributed by atoms with Crippen LogP contribution >= 0.6 is 15.9 Å². The highest BCUT2D eigenvalue weighted by atomic mass is 79.9. The van der Waals surface area contributed by atoms with Crippen LogP contribution < -0.4 is 19.5 Å². The van der Waals surface area contributed by atoms with Gasteiger partial charge >= 0.3 is 6.03 Å². The number of nitrogens with one attached hydrogen (secondary N) is 1. The minimum absolute atomic E-state index is 0.0946. The van der Waals surface area contributed by atoms with E-state index in [4.69, 9.17) is 14.2 Å². The molecule has 2 aromatic rings. The van der Waals surface area contributed by atoms with Crippen LogP contribution in [-0.4, -0.2) is 38.2 Å². The molecule has 0 radical (unpaired) electrons. The number of nitrogens with zero attached hydrogens (tertiary/aromatic N) is 1. The molecule has 0 bridgehead atoms. The number of benzene rings is 2. The molecule has 0 aliphatic carbocycles. The maximum atomic E-state index is 13.1. The highest BCUT2D eigenvalue weighted by Gasteiger charge is 2.49. The molecule has 1 saturated heterocycles. The largest absolute Gasteiger partial charge is 0.497 e. The summed E-state index contributed by atoms with van der Waals surface area (Å²) in [4.78, 5) is 26.9. The Hall–Kier alpha value is -2.74. The molecule has 1 N–H and O–H groups in total. The van der Waals surface area contributed by atoms with E-state index < -0.39 is 11.6 Å². The first kappa shape index (κ1) is 20.0. The molecule has 2 aromatic carbocycles. The smallest absolute Gasteiger partial charge is 0.325 e. The second-order valence-corrected chi connectivity index (χ2v) is 7.24. The fourth-order valence-electron chi connectivity index (χ4n) is 3.18. The van der Waals surface area contributed by atoms with Crippen LogP contribution in [0.4, 0.5) is 4.79 Å². The van der Waals surface area contributed by atoms with Crippen molar-refractivity contribution in [2.24, 2.45) is 0 Å². The Kier molecular flexibility index (Phi) is 5.51. The van der Waals surface area contributed by atoms with Crippen LogP contribution in [0.5, 0.6) is 17.2 Å². The van der Waals surface area contributed by atoms with Crippen molar-refractivity contribution in [1.29, 1.82) is 0 Å². The molecular weight excluding hydrogens is 428 g/mol. The van der Waals surface area contributed by atoms with Gasteiger partial charge in [-0.25, -0.2) is 4.79 Å². The molecule has 3 amide bonds. The minimum atomic E-state index is -1.15. The zero-order valence-electron chi connectivity index (χ0n) is 16.0. The Morgan fingerprint density at radius 3 is 2.25 bits per heavy atom. The number of urea groups is 1. The Morgan fingerprint density at radius 1 is 1.00 bits per heavy atom. The van der Waals surface area contributed by atoms with E-state index in [-0.39, 0.29) is 12.5 Å². The van der Waals surface area contributed by atoms with Crippen LogP contribution in [0.2, 0.25) is 0 Å². The highest BCUT2D eigenvalue weighted by molar-refractivity contribution is 9.10. The lowest BCUT2D eigenvalue weighted by atomic mass is 9.92. The molecule has 1 fully saturated rings. The molecule has 1 atom stereocenters. The van der Waals surface area contributed by atoms with E-state index in [1.807, 2.05) is 0 Å². The van der Waals surface area contributed by atoms with Gasteiger partial charge in [-0.05, 0) is 52.2 Å². The maximum absolute atomic E-state index is 13.1. The second-order valence-electron chi connectivity index (χ2n) is 6.45. The Morgan fingerprint density at radius 2 is 1.68 bits per heavy atom. The van der Waals surface area contributed by atoms with Gasteiger partial charge < -0.3 is 19.5 Å². The SMILES string of the molecule is COc1ccc([C@@]2(C)NC(=O)N(Cc3ccc(OC)c(OC)c3Br)C2=O)cc1. The zero-order chi connectivity index (χ0) is 20.5. The van der Waals surface area contributed by atoms with Crippen LogP contribution in [0, 0.1) is 0 Å². The Bertz CT molecular complexity index is 916. The van der Waals surface area contributed by atoms with E-state index in [1.54, 1.807) is 57.5 Å². The number of carbonyl (C=O) groups excluding carboxylic acids is 2. The summed E-state index contributed by atoms with van der Waals surface area (Å²) in [5.41, 5.74) is 0.257. The third-order valence-corrected chi connectivity index (χ3v) is 5.71. The average Bonchev–Trinajstić information content (AvgIpc) is 2.93. The molecule has 0 aromatic heterocycles. The summed E-state index contributed by atoms with van der Waals surface area (Å²) in [6.45, 7) is 1.79. The van der Waals surface area contributed by atoms with Gasteiger partial charge in [-0.15, -0.1) is 0 Å². The molecule has 148 valence electrons. The summed E-state index contributed by atoms with van der Waals surface area (Å²) in [6, 6.07) is 10.1. The second kappa shape index (κ2) is 7.71. The van der Waals surface area contributed by atoms with E-state index in [0.717, 1.165) is 5.56 Å². The molecule has 1 aliphatic rings. The lowest BCUT2D eigenvalue weighted by molar-refractivity contribution is -0.131. The number of carbonyl (C=O) groups is 2. The monoisotopic (exact) mass is 448 g/mol. The fraction of sp³-hybridized carbons (Fsp3) is 0.300. The predicted molar refractivity (Wildman–Crippen MR) is 107 cm³/mol. The molecule has 0 spiro atoms. The van der Waals surface area contributed by atoms with Crippen molar-refractivity contribution in [3.05, 3.63) is 52.0 Å². The van der Waals surface area contributed by atoms with E-state index >= 15 is 0 Å². The molecule has 0 saturated carbocycles. The summed E-state index contributed by atoms with van der Waals surface area (Å²) in [6.07, 6.45) is 0. The molecule has 3 rings (SSSR count). The Balaban J connectivity index is 1.90. The van der Waals surface area contributed by atoms with Crippen molar-refractivity contribution in [3.63, 3.8) is 0 Å². The third-order valence-electron chi connectivity index (χ3n) is 4.84. The molecule has 1 aliphatic heterocycles. The fourth-order valence-corrected chi connectivity index (χ4v) is 3.80. The van der Waals surface area contributed by atoms with Crippen LogP contribution in [0.25, 0.3) is 0 Å². The highest BCUT2D eigenvalue weighted by Crippen LogP contribution is 2.39. The van der Waals surface area contributed by atoms with Crippen molar-refractivity contribution in [3.8, 4) is 17.2 Å². The number of hydrogen-bond acceptors (Lipinski definition) is 5. The van der Waals surface area contributed by atoms with Crippen LogP contribution in [0.15, 0.2) is 40.9 Å². The summed E-state index contributed by atoms with van der Waals surface area (Å²) in [5, 5.41) is 2.80. The third kappa shape index (κ3) is 3.28. The van der Waals surface area contributed by atoms with Crippen LogP contribution in [-0.2, 0) is 16.9 Å². The van der Waals surface area contributed by atoms with Crippen molar-refractivity contribution in [2.45, 2.75) is 19.0 Å². The number of hydrogen-bond donors (Lipinski definition) is 1. The van der Waals surface area contributed by atoms with E-state index in [9.17, 15) is 9.59 Å². The van der Waals surface area contributed by atoms with E-state index in [0.29, 0.717) is 27.3 Å². The van der Waals surface area contributed by atoms with Gasteiger partial charge in [0.1, 0.15) is 11.3 Å². The number of imide groups is 1. The van der Waals surface area contributed by atoms with Crippen molar-refractivity contribution in [2.75, 3.05) is 21.3 Å². The van der Waals surface area contributed by atoms with Gasteiger partial charge in [-0.2, -0.15) is 0 Å². The quantitative estimate of drug-likeness (QED) is 0.684. The van der Waals surface area contributed by atoms with Gasteiger partial charge in [-0.1, -0.05) is 18.2 Å². The normalized spacial score (nSPS) is 18.8. The van der Waals surface area contributed by atoms with Gasteiger partial charge in [0, 0.05) is 0 Å². The first-order valence-corrected chi connectivity index (χ1v) is 9.33. The summed E-state index contributed by atoms with van der Waals surface area (Å²) in [5.74, 6) is 1.41. The summed E-state index contributed by atoms with van der Waals surface area (Å²) < 4.78 is 16.4. The number of rotatable bonds is 6. The molecular formula is C20H21BrN2O5. The van der Waals surface area contributed by atoms with Gasteiger partial charge in [0.05, 0.1) is 32.3 Å². The average molecular weight is 449 g/mol. The minimum Gasteiger partial charge on any atom is -0.497 e. The first-order valence-electron chi connectivity index (χ1n) is 8.53. The number of methoxy groups -OCH3 is 3. The first-order chi connectivity index (χ1) is 13.3. The van der Waals surface area contributed by atoms with Crippen molar-refractivity contribution >= 4 is 27.9 Å². The number of amides is 3. The summed E-state index contributed by atoms with van der Waals surface area (Å²) >= 11 is 3.48. The lowest BCUT2D eigenvalue weighted by Crippen LogP contribution is -2.40. The van der Waals surface area contributed by atoms with Gasteiger partial charge in [0.25, 0.3) is 5.91 Å². The molecule has 0 unspecified atom stereocenters.